The van der Waals surface area contributed by atoms with Gasteiger partial charge in [0.15, 0.2) is 0 Å². The van der Waals surface area contributed by atoms with E-state index < -0.39 is 0 Å². The van der Waals surface area contributed by atoms with E-state index in [1.54, 1.807) is 0 Å². The Morgan fingerprint density at radius 3 is 0.579 bits per heavy atom. The van der Waals surface area contributed by atoms with Crippen LogP contribution in [0.25, 0.3) is 0 Å². The van der Waals surface area contributed by atoms with Crippen molar-refractivity contribution in [2.24, 2.45) is 0 Å². The van der Waals surface area contributed by atoms with E-state index >= 15 is 0 Å². The van der Waals surface area contributed by atoms with Gasteiger partial charge in [-0.15, -0.1) is 0 Å². The largest absolute Gasteiger partial charge is 3.00 e. The minimum Gasteiger partial charge on any atom is -0.184 e. The molecular weight excluding hydrogens is 261 g/mol. The second kappa shape index (κ2) is 14.6. The van der Waals surface area contributed by atoms with E-state index in [-0.39, 0.29) is 25.8 Å². The van der Waals surface area contributed by atoms with Crippen LogP contribution in [0.3, 0.4) is 0 Å². The molecule has 0 N–H and O–H groups in total. The maximum atomic E-state index is 2.89. The summed E-state index contributed by atoms with van der Waals surface area (Å²) >= 11 is 0. The van der Waals surface area contributed by atoms with E-state index in [1.807, 2.05) is 91.0 Å². The second-order valence-electron chi connectivity index (χ2n) is 3.23. The third-order valence-electron chi connectivity index (χ3n) is 1.82. The molecule has 0 nitrogen and oxygen atoms in total. The molecule has 0 aliphatic rings. The van der Waals surface area contributed by atoms with E-state index in [1.165, 1.54) is 0 Å². The van der Waals surface area contributed by atoms with Crippen LogP contribution in [-0.2, 0) is 25.8 Å². The molecule has 0 aromatic heterocycles. The van der Waals surface area contributed by atoms with Crippen molar-refractivity contribution in [2.75, 3.05) is 0 Å². The summed E-state index contributed by atoms with van der Waals surface area (Å²) < 4.78 is 0. The molecule has 0 saturated heterocycles. The van der Waals surface area contributed by atoms with Gasteiger partial charge in [-0.1, -0.05) is 0 Å². The zero-order chi connectivity index (χ0) is 12.7. The molecule has 3 aromatic carbocycles. The van der Waals surface area contributed by atoms with Crippen LogP contribution >= 0.6 is 0 Å². The average molecular weight is 276 g/mol. The van der Waals surface area contributed by atoms with E-state index in [0.29, 0.717) is 0 Å². The summed E-state index contributed by atoms with van der Waals surface area (Å²) in [6, 6.07) is 37.5. The summed E-state index contributed by atoms with van der Waals surface area (Å²) in [5.74, 6) is 0. The number of rotatable bonds is 0. The van der Waals surface area contributed by atoms with Crippen LogP contribution in [0, 0.1) is 18.2 Å². The van der Waals surface area contributed by atoms with Gasteiger partial charge in [0.05, 0.1) is 0 Å². The molecule has 0 aliphatic carbocycles. The maximum absolute atomic E-state index is 2.89. The fourth-order valence-electron chi connectivity index (χ4n) is 1.03. The van der Waals surface area contributed by atoms with Gasteiger partial charge in [-0.2, -0.15) is 109 Å². The summed E-state index contributed by atoms with van der Waals surface area (Å²) in [5, 5.41) is 0. The number of hydrogen-bond acceptors (Lipinski definition) is 0. The van der Waals surface area contributed by atoms with Crippen molar-refractivity contribution in [1.82, 2.24) is 0 Å². The van der Waals surface area contributed by atoms with Gasteiger partial charge >= 0.3 is 25.8 Å². The van der Waals surface area contributed by atoms with Crippen LogP contribution < -0.4 is 0 Å². The Labute approximate surface area is 134 Å². The van der Waals surface area contributed by atoms with Gasteiger partial charge in [-0.05, 0) is 0 Å². The molecule has 0 bridgehead atoms. The molecule has 3 rings (SSSR count). The smallest absolute Gasteiger partial charge is 0.184 e. The minimum absolute atomic E-state index is 0. The van der Waals surface area contributed by atoms with Crippen molar-refractivity contribution in [3.05, 3.63) is 109 Å². The second-order valence-corrected chi connectivity index (χ2v) is 3.23. The molecule has 0 unspecified atom stereocenters. The van der Waals surface area contributed by atoms with Gasteiger partial charge < -0.3 is 0 Å². The predicted molar refractivity (Wildman–Crippen MR) is 75.8 cm³/mol. The SMILES string of the molecule is [Sc+3].[c-]1ccccc1.[c-]1ccccc1.[c-]1ccccc1. The van der Waals surface area contributed by atoms with Crippen molar-refractivity contribution < 1.29 is 25.8 Å². The van der Waals surface area contributed by atoms with Crippen molar-refractivity contribution in [2.45, 2.75) is 0 Å². The van der Waals surface area contributed by atoms with Gasteiger partial charge in [-0.25, -0.2) is 0 Å². The summed E-state index contributed by atoms with van der Waals surface area (Å²) in [5.41, 5.74) is 0. The van der Waals surface area contributed by atoms with Crippen LogP contribution in [0.2, 0.25) is 0 Å². The van der Waals surface area contributed by atoms with Crippen LogP contribution in [-0.4, -0.2) is 0 Å². The third-order valence-corrected chi connectivity index (χ3v) is 1.82. The Bertz CT molecular complexity index is 296. The molecule has 0 atom stereocenters. The Morgan fingerprint density at radius 2 is 0.526 bits per heavy atom. The van der Waals surface area contributed by atoms with Gasteiger partial charge in [0.25, 0.3) is 0 Å². The maximum Gasteiger partial charge on any atom is 3.00 e. The molecule has 0 spiro atoms. The summed E-state index contributed by atoms with van der Waals surface area (Å²) in [4.78, 5) is 0. The van der Waals surface area contributed by atoms with Crippen molar-refractivity contribution in [1.29, 1.82) is 0 Å². The fourth-order valence-corrected chi connectivity index (χ4v) is 1.03. The standard InChI is InChI=1S/3C6H5.Sc/c3*1-2-4-6-5-3-1;/h3*1-5H;/q3*-1;+3. The van der Waals surface area contributed by atoms with E-state index in [9.17, 15) is 0 Å². The number of hydrogen-bond donors (Lipinski definition) is 0. The summed E-state index contributed by atoms with van der Waals surface area (Å²) in [7, 11) is 0. The molecule has 0 heterocycles. The molecule has 3 aromatic rings. The Kier molecular flexibility index (Phi) is 13.5. The van der Waals surface area contributed by atoms with Crippen LogP contribution in [0.1, 0.15) is 0 Å². The Balaban J connectivity index is 0.000000249. The summed E-state index contributed by atoms with van der Waals surface area (Å²) in [6.07, 6.45) is 0. The molecule has 0 fully saturated rings. The quantitative estimate of drug-likeness (QED) is 0.532. The topological polar surface area (TPSA) is 0 Å². The average Bonchev–Trinajstić information content (AvgIpc) is 2.54. The Morgan fingerprint density at radius 1 is 0.316 bits per heavy atom. The molecule has 90 valence electrons. The van der Waals surface area contributed by atoms with Crippen LogP contribution in [0.4, 0.5) is 0 Å². The van der Waals surface area contributed by atoms with E-state index in [4.69, 9.17) is 0 Å². The third kappa shape index (κ3) is 12.8. The van der Waals surface area contributed by atoms with Crippen LogP contribution in [0.15, 0.2) is 91.0 Å². The molecule has 0 aliphatic heterocycles. The molecule has 19 heavy (non-hydrogen) atoms. The predicted octanol–water partition coefficient (Wildman–Crippen LogP) is 4.46. The van der Waals surface area contributed by atoms with Crippen molar-refractivity contribution >= 4 is 0 Å². The first kappa shape index (κ1) is 17.5. The van der Waals surface area contributed by atoms with Gasteiger partial charge in [-0.3, -0.25) is 0 Å². The molecule has 0 saturated carbocycles. The van der Waals surface area contributed by atoms with Gasteiger partial charge in [0.2, 0.25) is 0 Å². The fraction of sp³-hybridized carbons (Fsp3) is 0. The normalized spacial score (nSPS) is 7.58. The van der Waals surface area contributed by atoms with Gasteiger partial charge in [0, 0.05) is 0 Å². The van der Waals surface area contributed by atoms with Crippen molar-refractivity contribution in [3.63, 3.8) is 0 Å². The molecule has 1 heteroatoms. The molecular formula is C18H15Sc. The minimum atomic E-state index is 0. The zero-order valence-corrected chi connectivity index (χ0v) is 12.5. The Hall–Kier alpha value is -1.47. The monoisotopic (exact) mass is 276 g/mol. The first-order valence-electron chi connectivity index (χ1n) is 5.73. The van der Waals surface area contributed by atoms with E-state index in [0.717, 1.165) is 0 Å². The zero-order valence-electron chi connectivity index (χ0n) is 10.7. The summed E-state index contributed by atoms with van der Waals surface area (Å²) in [6.45, 7) is 0. The van der Waals surface area contributed by atoms with Crippen LogP contribution in [0.5, 0.6) is 0 Å². The van der Waals surface area contributed by atoms with Crippen molar-refractivity contribution in [3.8, 4) is 0 Å². The van der Waals surface area contributed by atoms with Gasteiger partial charge in [0.1, 0.15) is 0 Å². The molecule has 0 radical (unpaired) electrons. The first-order chi connectivity index (χ1) is 9.00. The molecule has 0 amide bonds. The van der Waals surface area contributed by atoms with E-state index in [2.05, 4.69) is 18.2 Å². The first-order valence-corrected chi connectivity index (χ1v) is 5.73. The number of benzene rings is 3.